The second-order valence-corrected chi connectivity index (χ2v) is 4.63. The van der Waals surface area contributed by atoms with Crippen LogP contribution < -0.4 is 0 Å². The SMILES string of the molecule is COC1(c2noc(C(C)Cl)n2)CCCC1. The molecule has 2 rings (SSSR count). The molecule has 0 aromatic carbocycles. The summed E-state index contributed by atoms with van der Waals surface area (Å²) < 4.78 is 10.6. The van der Waals surface area contributed by atoms with Gasteiger partial charge in [0.25, 0.3) is 0 Å². The predicted molar refractivity (Wildman–Crippen MR) is 55.7 cm³/mol. The van der Waals surface area contributed by atoms with E-state index in [4.69, 9.17) is 20.9 Å². The Hall–Kier alpha value is -0.610. The number of hydrogen-bond acceptors (Lipinski definition) is 4. The molecular weight excluding hydrogens is 216 g/mol. The van der Waals surface area contributed by atoms with Crippen LogP contribution in [-0.4, -0.2) is 17.3 Å². The standard InChI is InChI=1S/C10H15ClN2O2/c1-7(11)8-12-9(13-15-8)10(14-2)5-3-4-6-10/h7H,3-6H2,1-2H3. The second kappa shape index (κ2) is 4.10. The summed E-state index contributed by atoms with van der Waals surface area (Å²) in [5.74, 6) is 1.11. The lowest BCUT2D eigenvalue weighted by molar-refractivity contribution is -0.0178. The van der Waals surface area contributed by atoms with Crippen molar-refractivity contribution in [3.05, 3.63) is 11.7 Å². The van der Waals surface area contributed by atoms with Gasteiger partial charge in [0.15, 0.2) is 0 Å². The van der Waals surface area contributed by atoms with Crippen LogP contribution in [0, 0.1) is 0 Å². The molecule has 1 aliphatic carbocycles. The van der Waals surface area contributed by atoms with Gasteiger partial charge >= 0.3 is 0 Å². The third-order valence-electron chi connectivity index (χ3n) is 2.99. The Bertz CT molecular complexity index is 332. The molecule has 15 heavy (non-hydrogen) atoms. The molecule has 1 fully saturated rings. The zero-order valence-corrected chi connectivity index (χ0v) is 9.75. The fraction of sp³-hybridized carbons (Fsp3) is 0.800. The first-order chi connectivity index (χ1) is 7.18. The molecule has 4 nitrogen and oxygen atoms in total. The summed E-state index contributed by atoms with van der Waals surface area (Å²) in [6.07, 6.45) is 4.21. The van der Waals surface area contributed by atoms with Crippen molar-refractivity contribution in [2.75, 3.05) is 7.11 Å². The van der Waals surface area contributed by atoms with Crippen LogP contribution in [0.2, 0.25) is 0 Å². The average molecular weight is 231 g/mol. The lowest BCUT2D eigenvalue weighted by atomic mass is 10.0. The summed E-state index contributed by atoms with van der Waals surface area (Å²) in [6, 6.07) is 0. The molecule has 1 heterocycles. The second-order valence-electron chi connectivity index (χ2n) is 3.98. The molecule has 5 heteroatoms. The van der Waals surface area contributed by atoms with Crippen molar-refractivity contribution in [2.24, 2.45) is 0 Å². The maximum atomic E-state index is 5.87. The Morgan fingerprint density at radius 1 is 1.47 bits per heavy atom. The number of methoxy groups -OCH3 is 1. The van der Waals surface area contributed by atoms with Gasteiger partial charge < -0.3 is 9.26 Å². The smallest absolute Gasteiger partial charge is 0.244 e. The van der Waals surface area contributed by atoms with Gasteiger partial charge in [-0.15, -0.1) is 11.6 Å². The molecule has 0 bridgehead atoms. The van der Waals surface area contributed by atoms with Crippen LogP contribution in [0.1, 0.15) is 49.7 Å². The van der Waals surface area contributed by atoms with Gasteiger partial charge in [0.1, 0.15) is 11.0 Å². The quantitative estimate of drug-likeness (QED) is 0.750. The van der Waals surface area contributed by atoms with Gasteiger partial charge in [0, 0.05) is 7.11 Å². The molecule has 1 atom stereocenters. The van der Waals surface area contributed by atoms with Crippen LogP contribution in [0.5, 0.6) is 0 Å². The molecule has 1 aliphatic rings. The largest absolute Gasteiger partial charge is 0.370 e. The number of alkyl halides is 1. The zero-order chi connectivity index (χ0) is 10.9. The predicted octanol–water partition coefficient (Wildman–Crippen LogP) is 2.79. The van der Waals surface area contributed by atoms with Crippen molar-refractivity contribution in [3.8, 4) is 0 Å². The van der Waals surface area contributed by atoms with Crippen LogP contribution in [0.25, 0.3) is 0 Å². The van der Waals surface area contributed by atoms with E-state index in [0.717, 1.165) is 25.7 Å². The lowest BCUT2D eigenvalue weighted by Gasteiger charge is -2.22. The summed E-state index contributed by atoms with van der Waals surface area (Å²) in [7, 11) is 1.70. The molecule has 0 aliphatic heterocycles. The van der Waals surface area contributed by atoms with E-state index in [1.165, 1.54) is 0 Å². The molecule has 0 N–H and O–H groups in total. The maximum Gasteiger partial charge on any atom is 0.244 e. The minimum absolute atomic E-state index is 0.249. The third kappa shape index (κ3) is 1.88. The monoisotopic (exact) mass is 230 g/mol. The summed E-state index contributed by atoms with van der Waals surface area (Å²) in [5, 5.41) is 3.72. The van der Waals surface area contributed by atoms with Crippen molar-refractivity contribution in [1.29, 1.82) is 0 Å². The van der Waals surface area contributed by atoms with E-state index in [1.54, 1.807) is 7.11 Å². The van der Waals surface area contributed by atoms with E-state index < -0.39 is 0 Å². The number of halogens is 1. The van der Waals surface area contributed by atoms with Crippen LogP contribution >= 0.6 is 11.6 Å². The highest BCUT2D eigenvalue weighted by Crippen LogP contribution is 2.40. The molecule has 1 saturated carbocycles. The van der Waals surface area contributed by atoms with Crippen molar-refractivity contribution in [2.45, 2.75) is 43.6 Å². The molecule has 0 amide bonds. The van der Waals surface area contributed by atoms with Crippen LogP contribution in [0.15, 0.2) is 4.52 Å². The number of rotatable bonds is 3. The third-order valence-corrected chi connectivity index (χ3v) is 3.18. The Morgan fingerprint density at radius 3 is 2.60 bits per heavy atom. The highest BCUT2D eigenvalue weighted by molar-refractivity contribution is 6.20. The normalized spacial score (nSPS) is 21.8. The van der Waals surface area contributed by atoms with Crippen LogP contribution in [0.4, 0.5) is 0 Å². The van der Waals surface area contributed by atoms with Crippen LogP contribution in [-0.2, 0) is 10.3 Å². The Morgan fingerprint density at radius 2 is 2.13 bits per heavy atom. The number of nitrogens with zero attached hydrogens (tertiary/aromatic N) is 2. The van der Waals surface area contributed by atoms with Crippen molar-refractivity contribution >= 4 is 11.6 Å². The van der Waals surface area contributed by atoms with E-state index in [1.807, 2.05) is 6.92 Å². The molecule has 1 aromatic rings. The summed E-state index contributed by atoms with van der Waals surface area (Å²) in [5.41, 5.74) is -0.340. The van der Waals surface area contributed by atoms with Crippen LogP contribution in [0.3, 0.4) is 0 Å². The van der Waals surface area contributed by atoms with E-state index >= 15 is 0 Å². The first-order valence-corrected chi connectivity index (χ1v) is 5.65. The Labute approximate surface area is 93.9 Å². The van der Waals surface area contributed by atoms with Crippen molar-refractivity contribution < 1.29 is 9.26 Å². The van der Waals surface area contributed by atoms with Gasteiger partial charge in [-0.2, -0.15) is 4.98 Å². The van der Waals surface area contributed by atoms with Gasteiger partial charge in [-0.25, -0.2) is 0 Å². The van der Waals surface area contributed by atoms with E-state index in [0.29, 0.717) is 11.7 Å². The number of hydrogen-bond donors (Lipinski definition) is 0. The fourth-order valence-corrected chi connectivity index (χ4v) is 2.14. The number of ether oxygens (including phenoxy) is 1. The Kier molecular flexibility index (Phi) is 2.98. The molecule has 84 valence electrons. The summed E-state index contributed by atoms with van der Waals surface area (Å²) in [4.78, 5) is 4.30. The minimum atomic E-state index is -0.340. The zero-order valence-electron chi connectivity index (χ0n) is 8.99. The average Bonchev–Trinajstić information content (AvgIpc) is 2.87. The molecular formula is C10H15ClN2O2. The summed E-state index contributed by atoms with van der Waals surface area (Å²) >= 11 is 5.87. The van der Waals surface area contributed by atoms with E-state index in [2.05, 4.69) is 10.1 Å². The first kappa shape index (κ1) is 10.9. The highest BCUT2D eigenvalue weighted by Gasteiger charge is 2.40. The van der Waals surface area contributed by atoms with Gasteiger partial charge in [-0.1, -0.05) is 5.16 Å². The van der Waals surface area contributed by atoms with E-state index in [9.17, 15) is 0 Å². The molecule has 1 unspecified atom stereocenters. The van der Waals surface area contributed by atoms with E-state index in [-0.39, 0.29) is 11.0 Å². The van der Waals surface area contributed by atoms with Crippen molar-refractivity contribution in [3.63, 3.8) is 0 Å². The maximum absolute atomic E-state index is 5.87. The first-order valence-electron chi connectivity index (χ1n) is 5.21. The summed E-state index contributed by atoms with van der Waals surface area (Å²) in [6.45, 7) is 1.81. The topological polar surface area (TPSA) is 48.2 Å². The lowest BCUT2D eigenvalue weighted by Crippen LogP contribution is -2.26. The Balaban J connectivity index is 2.27. The minimum Gasteiger partial charge on any atom is -0.370 e. The molecule has 0 spiro atoms. The molecule has 0 radical (unpaired) electrons. The number of aromatic nitrogens is 2. The van der Waals surface area contributed by atoms with Gasteiger partial charge in [0.05, 0.1) is 0 Å². The van der Waals surface area contributed by atoms with Crippen molar-refractivity contribution in [1.82, 2.24) is 10.1 Å². The van der Waals surface area contributed by atoms with Gasteiger partial charge in [-0.3, -0.25) is 0 Å². The fourth-order valence-electron chi connectivity index (χ4n) is 2.05. The molecule has 0 saturated heterocycles. The highest BCUT2D eigenvalue weighted by atomic mass is 35.5. The van der Waals surface area contributed by atoms with Gasteiger partial charge in [0.2, 0.25) is 11.7 Å². The van der Waals surface area contributed by atoms with Gasteiger partial charge in [-0.05, 0) is 32.6 Å². The molecule has 1 aromatic heterocycles.